The molecule has 4 heteroatoms. The quantitative estimate of drug-likeness (QED) is 0.747. The summed E-state index contributed by atoms with van der Waals surface area (Å²) in [7, 11) is 0. The summed E-state index contributed by atoms with van der Waals surface area (Å²) in [5.74, 6) is 0.215. The number of nitrogens with zero attached hydrogens (tertiary/aromatic N) is 1. The highest BCUT2D eigenvalue weighted by Crippen LogP contribution is 1.94. The lowest BCUT2D eigenvalue weighted by atomic mass is 10.3. The zero-order chi connectivity index (χ0) is 9.68. The molecule has 70 valence electrons. The van der Waals surface area contributed by atoms with Crippen molar-refractivity contribution in [2.75, 3.05) is 5.88 Å². The maximum absolute atomic E-state index is 11.4. The van der Waals surface area contributed by atoms with Gasteiger partial charge in [0, 0.05) is 18.1 Å². The lowest BCUT2D eigenvalue weighted by Crippen LogP contribution is -2.34. The average Bonchev–Trinajstić information content (AvgIpc) is 2.19. The molecule has 1 amide bonds. The molecule has 0 aliphatic heterocycles. The van der Waals surface area contributed by atoms with Crippen molar-refractivity contribution in [3.05, 3.63) is 30.1 Å². The van der Waals surface area contributed by atoms with E-state index < -0.39 is 0 Å². The number of halogens is 1. The Morgan fingerprint density at radius 2 is 2.46 bits per heavy atom. The predicted molar refractivity (Wildman–Crippen MR) is 51.9 cm³/mol. The standard InChI is InChI=1S/C9H11ClN2O/c1-7(6-10)12-9(13)8-4-2-3-5-11-8/h2-5,7H,6H2,1H3,(H,12,13). The third kappa shape index (κ3) is 3.03. The molecule has 1 aromatic rings. The first-order chi connectivity index (χ1) is 6.24. The monoisotopic (exact) mass is 198 g/mol. The van der Waals surface area contributed by atoms with Gasteiger partial charge in [-0.25, -0.2) is 0 Å². The van der Waals surface area contributed by atoms with Crippen LogP contribution >= 0.6 is 11.6 Å². The summed E-state index contributed by atoms with van der Waals surface area (Å²) < 4.78 is 0. The van der Waals surface area contributed by atoms with E-state index in [9.17, 15) is 4.79 Å². The Morgan fingerprint density at radius 1 is 1.69 bits per heavy atom. The summed E-state index contributed by atoms with van der Waals surface area (Å²) in [6.45, 7) is 1.84. The number of rotatable bonds is 3. The molecule has 0 saturated carbocycles. The molecule has 1 atom stereocenters. The fraction of sp³-hybridized carbons (Fsp3) is 0.333. The van der Waals surface area contributed by atoms with Crippen LogP contribution in [0.5, 0.6) is 0 Å². The highest BCUT2D eigenvalue weighted by molar-refractivity contribution is 6.18. The molecule has 13 heavy (non-hydrogen) atoms. The summed E-state index contributed by atoms with van der Waals surface area (Å²) in [6.07, 6.45) is 1.58. The van der Waals surface area contributed by atoms with Crippen LogP contribution in [0.2, 0.25) is 0 Å². The third-order valence-electron chi connectivity index (χ3n) is 1.51. The van der Waals surface area contributed by atoms with Gasteiger partial charge in [0.05, 0.1) is 0 Å². The van der Waals surface area contributed by atoms with Crippen LogP contribution in [-0.2, 0) is 0 Å². The number of alkyl halides is 1. The highest BCUT2D eigenvalue weighted by Gasteiger charge is 2.08. The predicted octanol–water partition coefficient (Wildman–Crippen LogP) is 1.44. The van der Waals surface area contributed by atoms with Crippen LogP contribution in [0.15, 0.2) is 24.4 Å². The SMILES string of the molecule is CC(CCl)NC(=O)c1ccccn1. The average molecular weight is 199 g/mol. The van der Waals surface area contributed by atoms with Crippen molar-refractivity contribution < 1.29 is 4.79 Å². The van der Waals surface area contributed by atoms with Crippen LogP contribution in [0, 0.1) is 0 Å². The van der Waals surface area contributed by atoms with E-state index in [0.29, 0.717) is 11.6 Å². The number of pyridine rings is 1. The minimum Gasteiger partial charge on any atom is -0.347 e. The van der Waals surface area contributed by atoms with Gasteiger partial charge in [0.1, 0.15) is 5.69 Å². The molecule has 0 radical (unpaired) electrons. The molecule has 1 N–H and O–H groups in total. The Bertz CT molecular complexity index is 276. The second-order valence-electron chi connectivity index (χ2n) is 2.74. The number of hydrogen-bond acceptors (Lipinski definition) is 2. The van der Waals surface area contributed by atoms with Crippen LogP contribution < -0.4 is 5.32 Å². The smallest absolute Gasteiger partial charge is 0.270 e. The van der Waals surface area contributed by atoms with Crippen molar-refractivity contribution in [3.63, 3.8) is 0 Å². The molecule has 0 aromatic carbocycles. The maximum atomic E-state index is 11.4. The van der Waals surface area contributed by atoms with Gasteiger partial charge in [-0.3, -0.25) is 9.78 Å². The number of aromatic nitrogens is 1. The van der Waals surface area contributed by atoms with Gasteiger partial charge in [0.2, 0.25) is 0 Å². The summed E-state index contributed by atoms with van der Waals surface area (Å²) in [4.78, 5) is 15.3. The molecular weight excluding hydrogens is 188 g/mol. The first kappa shape index (κ1) is 9.99. The molecule has 0 spiro atoms. The molecule has 1 unspecified atom stereocenters. The minimum absolute atomic E-state index is 0.0313. The first-order valence-corrected chi connectivity index (χ1v) is 4.55. The van der Waals surface area contributed by atoms with E-state index in [4.69, 9.17) is 11.6 Å². The van der Waals surface area contributed by atoms with Gasteiger partial charge >= 0.3 is 0 Å². The first-order valence-electron chi connectivity index (χ1n) is 4.02. The Hall–Kier alpha value is -1.09. The van der Waals surface area contributed by atoms with Gasteiger partial charge in [-0.15, -0.1) is 11.6 Å². The van der Waals surface area contributed by atoms with Crippen molar-refractivity contribution in [3.8, 4) is 0 Å². The molecule has 3 nitrogen and oxygen atoms in total. The van der Waals surface area contributed by atoms with Crippen LogP contribution in [-0.4, -0.2) is 22.8 Å². The van der Waals surface area contributed by atoms with Gasteiger partial charge < -0.3 is 5.32 Å². The molecule has 1 rings (SSSR count). The lowest BCUT2D eigenvalue weighted by molar-refractivity contribution is 0.0938. The Morgan fingerprint density at radius 3 is 3.00 bits per heavy atom. The molecule has 1 heterocycles. The van der Waals surface area contributed by atoms with Gasteiger partial charge in [0.25, 0.3) is 5.91 Å². The number of carbonyl (C=O) groups is 1. The van der Waals surface area contributed by atoms with E-state index in [-0.39, 0.29) is 11.9 Å². The minimum atomic E-state index is -0.186. The second-order valence-corrected chi connectivity index (χ2v) is 3.05. The van der Waals surface area contributed by atoms with Crippen molar-refractivity contribution >= 4 is 17.5 Å². The fourth-order valence-corrected chi connectivity index (χ4v) is 0.911. The van der Waals surface area contributed by atoms with E-state index in [2.05, 4.69) is 10.3 Å². The number of hydrogen-bond donors (Lipinski definition) is 1. The number of amides is 1. The van der Waals surface area contributed by atoms with Crippen LogP contribution in [0.1, 0.15) is 17.4 Å². The van der Waals surface area contributed by atoms with E-state index in [1.165, 1.54) is 0 Å². The molecule has 0 fully saturated rings. The summed E-state index contributed by atoms with van der Waals surface area (Å²) >= 11 is 5.55. The Kier molecular flexibility index (Phi) is 3.71. The number of nitrogens with one attached hydrogen (secondary N) is 1. The van der Waals surface area contributed by atoms with Gasteiger partial charge in [0.15, 0.2) is 0 Å². The van der Waals surface area contributed by atoms with Crippen LogP contribution in [0.4, 0.5) is 0 Å². The Labute approximate surface area is 82.1 Å². The molecule has 1 aromatic heterocycles. The lowest BCUT2D eigenvalue weighted by Gasteiger charge is -2.09. The summed E-state index contributed by atoms with van der Waals surface area (Å²) in [6, 6.07) is 5.17. The normalized spacial score (nSPS) is 12.2. The van der Waals surface area contributed by atoms with Gasteiger partial charge in [-0.05, 0) is 19.1 Å². The number of carbonyl (C=O) groups excluding carboxylic acids is 1. The molecule has 0 bridgehead atoms. The van der Waals surface area contributed by atoms with E-state index >= 15 is 0 Å². The topological polar surface area (TPSA) is 42.0 Å². The summed E-state index contributed by atoms with van der Waals surface area (Å²) in [5, 5.41) is 2.71. The van der Waals surface area contributed by atoms with E-state index in [0.717, 1.165) is 0 Å². The molecule has 0 aliphatic rings. The van der Waals surface area contributed by atoms with Gasteiger partial charge in [-0.2, -0.15) is 0 Å². The molecular formula is C9H11ClN2O. The van der Waals surface area contributed by atoms with E-state index in [1.54, 1.807) is 24.4 Å². The van der Waals surface area contributed by atoms with Crippen molar-refractivity contribution in [2.45, 2.75) is 13.0 Å². The van der Waals surface area contributed by atoms with Crippen molar-refractivity contribution in [1.29, 1.82) is 0 Å². The molecule has 0 saturated heterocycles. The highest BCUT2D eigenvalue weighted by atomic mass is 35.5. The van der Waals surface area contributed by atoms with Crippen molar-refractivity contribution in [1.82, 2.24) is 10.3 Å². The second kappa shape index (κ2) is 4.82. The fourth-order valence-electron chi connectivity index (χ4n) is 0.833. The van der Waals surface area contributed by atoms with Gasteiger partial charge in [-0.1, -0.05) is 6.07 Å². The third-order valence-corrected chi connectivity index (χ3v) is 1.97. The van der Waals surface area contributed by atoms with Crippen molar-refractivity contribution in [2.24, 2.45) is 0 Å². The maximum Gasteiger partial charge on any atom is 0.270 e. The zero-order valence-electron chi connectivity index (χ0n) is 7.33. The Balaban J connectivity index is 2.59. The zero-order valence-corrected chi connectivity index (χ0v) is 8.08. The van der Waals surface area contributed by atoms with E-state index in [1.807, 2.05) is 6.92 Å². The van der Waals surface area contributed by atoms with Crippen LogP contribution in [0.3, 0.4) is 0 Å². The largest absolute Gasteiger partial charge is 0.347 e. The van der Waals surface area contributed by atoms with Crippen LogP contribution in [0.25, 0.3) is 0 Å². The summed E-state index contributed by atoms with van der Waals surface area (Å²) in [5.41, 5.74) is 0.416. The molecule has 0 aliphatic carbocycles.